The van der Waals surface area contributed by atoms with E-state index in [9.17, 15) is 19.5 Å². The Kier molecular flexibility index (Phi) is 7.94. The summed E-state index contributed by atoms with van der Waals surface area (Å²) >= 11 is 4.42. The van der Waals surface area contributed by atoms with Gasteiger partial charge in [0.1, 0.15) is 0 Å². The van der Waals surface area contributed by atoms with Crippen molar-refractivity contribution in [2.24, 2.45) is 0 Å². The van der Waals surface area contributed by atoms with Gasteiger partial charge in [-0.2, -0.15) is 0 Å². The van der Waals surface area contributed by atoms with Gasteiger partial charge < -0.3 is 0 Å². The van der Waals surface area contributed by atoms with E-state index in [1.807, 2.05) is 54.6 Å². The molecule has 0 radical (unpaired) electrons. The summed E-state index contributed by atoms with van der Waals surface area (Å²) in [5.74, 6) is -0.615. The molecule has 2 unspecified atom stereocenters. The van der Waals surface area contributed by atoms with Crippen LogP contribution in [0.15, 0.2) is 77.7 Å². The first-order valence-electron chi connectivity index (χ1n) is 12.6. The number of likely N-dealkylation sites (N-methyl/N-ethyl adjacent to an activating group) is 1. The minimum atomic E-state index is -1.52. The van der Waals surface area contributed by atoms with Crippen molar-refractivity contribution >= 4 is 54.7 Å². The number of anilines is 1. The molecule has 3 aromatic carbocycles. The molecule has 0 bridgehead atoms. The third-order valence-electron chi connectivity index (χ3n) is 6.98. The number of nitrogens with zero attached hydrogens (tertiary/aromatic N) is 2. The Balaban J connectivity index is 1.46. The molecule has 7 nitrogen and oxygen atoms in total. The summed E-state index contributed by atoms with van der Waals surface area (Å²) in [5.41, 5.74) is 5.84. The van der Waals surface area contributed by atoms with Crippen LogP contribution in [0.3, 0.4) is 0 Å². The number of benzene rings is 3. The van der Waals surface area contributed by atoms with E-state index in [2.05, 4.69) is 11.0 Å². The molecule has 1 aliphatic heterocycles. The van der Waals surface area contributed by atoms with Gasteiger partial charge in [-0.15, -0.1) is 0 Å². The van der Waals surface area contributed by atoms with E-state index >= 15 is 0 Å². The Hall–Kier alpha value is -3.38. The minimum absolute atomic E-state index is 0.00215. The molecule has 0 fully saturated rings. The molecular weight excluding hydrogens is 577 g/mol. The van der Waals surface area contributed by atoms with Crippen LogP contribution < -0.4 is 15.6 Å². The van der Waals surface area contributed by atoms with Crippen LogP contribution >= 0.6 is 11.6 Å². The van der Waals surface area contributed by atoms with Gasteiger partial charge in [0.05, 0.1) is 0 Å². The third kappa shape index (κ3) is 5.81. The van der Waals surface area contributed by atoms with E-state index in [1.54, 1.807) is 28.6 Å². The van der Waals surface area contributed by atoms with Crippen LogP contribution in [0.2, 0.25) is 15.9 Å². The zero-order valence-corrected chi connectivity index (χ0v) is 24.4. The fourth-order valence-electron chi connectivity index (χ4n) is 4.93. The molecule has 0 aliphatic carbocycles. The summed E-state index contributed by atoms with van der Waals surface area (Å²) in [6.45, 7) is 0.291. The normalized spacial score (nSPS) is 14.4. The van der Waals surface area contributed by atoms with Gasteiger partial charge in [0.15, 0.2) is 0 Å². The van der Waals surface area contributed by atoms with Gasteiger partial charge in [-0.1, -0.05) is 11.6 Å². The topological polar surface area (TPSA) is 91.6 Å². The molecule has 1 aliphatic rings. The van der Waals surface area contributed by atoms with Crippen molar-refractivity contribution in [2.45, 2.75) is 35.3 Å². The number of aromatic nitrogens is 1. The van der Waals surface area contributed by atoms with Crippen molar-refractivity contribution < 1.29 is 14.7 Å². The number of rotatable bonds is 8. The zero-order chi connectivity index (χ0) is 27.7. The Morgan fingerprint density at radius 1 is 1.08 bits per heavy atom. The molecule has 1 aromatic heterocycles. The van der Waals surface area contributed by atoms with Crippen LogP contribution in [-0.4, -0.2) is 43.2 Å². The van der Waals surface area contributed by atoms with Gasteiger partial charge in [-0.05, 0) is 0 Å². The van der Waals surface area contributed by atoms with Crippen molar-refractivity contribution in [1.29, 1.82) is 0 Å². The number of pyridine rings is 1. The molecule has 2 atom stereocenters. The van der Waals surface area contributed by atoms with E-state index in [0.717, 1.165) is 21.9 Å². The molecule has 5 rings (SSSR count). The van der Waals surface area contributed by atoms with Gasteiger partial charge in [-0.25, -0.2) is 0 Å². The summed E-state index contributed by atoms with van der Waals surface area (Å²) < 4.78 is 1.70. The van der Waals surface area contributed by atoms with E-state index in [-0.39, 0.29) is 30.0 Å². The molecule has 0 saturated heterocycles. The first-order chi connectivity index (χ1) is 18.7. The van der Waals surface area contributed by atoms with Crippen LogP contribution in [0.4, 0.5) is 5.69 Å². The van der Waals surface area contributed by atoms with Crippen LogP contribution in [-0.2, 0) is 23.1 Å². The number of carbonyl (C=O) groups is 2. The SMILES string of the molecule is CN1C(=O)Cn2cc(C(=O)NCc3ccc(Cl)cc3)c(=O)c3cc(C[As](C)CC(O)c4ccccc4)cc1c32. The quantitative estimate of drug-likeness (QED) is 0.290. The van der Waals surface area contributed by atoms with Gasteiger partial charge in [0, 0.05) is 5.02 Å². The maximum absolute atomic E-state index is 13.6. The Labute approximate surface area is 236 Å². The van der Waals surface area contributed by atoms with Crippen LogP contribution in [0, 0.1) is 0 Å². The van der Waals surface area contributed by atoms with Crippen LogP contribution in [0.1, 0.15) is 33.2 Å². The van der Waals surface area contributed by atoms with Crippen molar-refractivity contribution in [2.75, 3.05) is 11.9 Å². The first-order valence-corrected chi connectivity index (χ1v) is 17.5. The predicted octanol–water partition coefficient (Wildman–Crippen LogP) is 4.50. The average Bonchev–Trinajstić information content (AvgIpc) is 2.93. The second-order valence-electron chi connectivity index (χ2n) is 9.90. The van der Waals surface area contributed by atoms with E-state index < -0.39 is 26.7 Å². The van der Waals surface area contributed by atoms with Gasteiger partial charge in [-0.3, -0.25) is 0 Å². The maximum atomic E-state index is 13.6. The molecule has 200 valence electrons. The predicted molar refractivity (Wildman–Crippen MR) is 156 cm³/mol. The average molecular weight is 606 g/mol. The summed E-state index contributed by atoms with van der Waals surface area (Å²) in [6.07, 6.45) is 0.955. The summed E-state index contributed by atoms with van der Waals surface area (Å²) in [5, 5.41) is 16.0. The number of aliphatic hydroxyl groups is 1. The zero-order valence-electron chi connectivity index (χ0n) is 21.7. The molecule has 2 amide bonds. The van der Waals surface area contributed by atoms with Crippen molar-refractivity contribution in [3.05, 3.63) is 110 Å². The molecular formula is C30H29AsClN3O4. The number of nitrogens with one attached hydrogen (secondary N) is 1. The molecule has 2 heterocycles. The fourth-order valence-corrected chi connectivity index (χ4v) is 8.70. The number of hydrogen-bond acceptors (Lipinski definition) is 4. The molecule has 4 aromatic rings. The Morgan fingerprint density at radius 2 is 1.79 bits per heavy atom. The summed E-state index contributed by atoms with van der Waals surface area (Å²) in [4.78, 5) is 41.2. The molecule has 39 heavy (non-hydrogen) atoms. The van der Waals surface area contributed by atoms with E-state index in [1.165, 1.54) is 6.20 Å². The third-order valence-corrected chi connectivity index (χ3v) is 11.2. The molecule has 0 spiro atoms. The Morgan fingerprint density at radius 3 is 2.51 bits per heavy atom. The molecule has 9 heteroatoms. The summed E-state index contributed by atoms with van der Waals surface area (Å²) in [6, 6.07) is 20.5. The summed E-state index contributed by atoms with van der Waals surface area (Å²) in [7, 11) is 1.71. The number of halogens is 1. The van der Waals surface area contributed by atoms with Gasteiger partial charge in [0.2, 0.25) is 0 Å². The van der Waals surface area contributed by atoms with E-state index in [4.69, 9.17) is 11.6 Å². The Bertz CT molecular complexity index is 1610. The van der Waals surface area contributed by atoms with Gasteiger partial charge >= 0.3 is 220 Å². The fraction of sp³-hybridized carbons (Fsp3) is 0.233. The second kappa shape index (κ2) is 11.4. The monoisotopic (exact) mass is 605 g/mol. The first kappa shape index (κ1) is 27.2. The standard InChI is InChI=1S/C30H29AsClN3O4/c1-31(15-26(36)21-6-4-3-5-7-21)14-20-12-23-28-25(13-20)34(2)27(37)18-35(28)17-24(29(23)38)30(39)33-16-19-8-10-22(32)11-9-19/h3-13,17,26,36H,14-16,18H2,1-2H3,(H,33,39). The van der Waals surface area contributed by atoms with Crippen molar-refractivity contribution in [3.63, 3.8) is 0 Å². The van der Waals surface area contributed by atoms with Crippen molar-refractivity contribution in [1.82, 2.24) is 9.88 Å². The molecule has 0 saturated carbocycles. The second-order valence-corrected chi connectivity index (χ2v) is 15.4. The van der Waals surface area contributed by atoms with Crippen LogP contribution in [0.25, 0.3) is 10.9 Å². The van der Waals surface area contributed by atoms with Crippen molar-refractivity contribution in [3.8, 4) is 0 Å². The number of carbonyl (C=O) groups excluding carboxylic acids is 2. The number of amides is 2. The van der Waals surface area contributed by atoms with E-state index in [0.29, 0.717) is 26.8 Å². The molecule has 2 N–H and O–H groups in total. The number of aliphatic hydroxyl groups excluding tert-OH is 1. The van der Waals surface area contributed by atoms with Crippen LogP contribution in [0.5, 0.6) is 0 Å². The number of hydrogen-bond donors (Lipinski definition) is 2. The van der Waals surface area contributed by atoms with Gasteiger partial charge in [0.25, 0.3) is 0 Å².